The minimum atomic E-state index is -0.435. The highest BCUT2D eigenvalue weighted by atomic mass is 35.5. The van der Waals surface area contributed by atoms with Crippen LogP contribution in [0.2, 0.25) is 5.02 Å². The molecule has 0 saturated heterocycles. The number of rotatable bonds is 2. The summed E-state index contributed by atoms with van der Waals surface area (Å²) in [6.07, 6.45) is 3.63. The summed E-state index contributed by atoms with van der Waals surface area (Å²) in [5.41, 5.74) is 2.50. The molecule has 5 heteroatoms. The van der Waals surface area contributed by atoms with Gasteiger partial charge in [-0.3, -0.25) is 9.59 Å². The van der Waals surface area contributed by atoms with Crippen LogP contribution in [0, 0.1) is 0 Å². The Morgan fingerprint density at radius 2 is 1.96 bits per heavy atom. The largest absolute Gasteiger partial charge is 0.346 e. The Bertz CT molecular complexity index is 1020. The zero-order chi connectivity index (χ0) is 16.7. The van der Waals surface area contributed by atoms with E-state index in [1.165, 1.54) is 0 Å². The van der Waals surface area contributed by atoms with Crippen molar-refractivity contribution in [3.8, 4) is 0 Å². The zero-order valence-electron chi connectivity index (χ0n) is 12.9. The fourth-order valence-corrected chi connectivity index (χ4v) is 3.45. The summed E-state index contributed by atoms with van der Waals surface area (Å²) in [5, 5.41) is 3.77. The van der Waals surface area contributed by atoms with Crippen LogP contribution in [0.3, 0.4) is 0 Å². The zero-order valence-corrected chi connectivity index (χ0v) is 13.6. The Labute approximate surface area is 143 Å². The summed E-state index contributed by atoms with van der Waals surface area (Å²) in [6, 6.07) is 12.7. The number of carbonyl (C=O) groups excluding carboxylic acids is 1. The van der Waals surface area contributed by atoms with Gasteiger partial charge in [0.1, 0.15) is 5.56 Å². The van der Waals surface area contributed by atoms with E-state index in [-0.39, 0.29) is 11.0 Å². The molecule has 24 heavy (non-hydrogen) atoms. The average Bonchev–Trinajstić information content (AvgIpc) is 2.60. The Kier molecular flexibility index (Phi) is 3.62. The lowest BCUT2D eigenvalue weighted by Crippen LogP contribution is -2.25. The molecule has 0 saturated carbocycles. The van der Waals surface area contributed by atoms with Crippen molar-refractivity contribution < 1.29 is 4.79 Å². The van der Waals surface area contributed by atoms with Crippen LogP contribution in [-0.4, -0.2) is 10.5 Å². The van der Waals surface area contributed by atoms with E-state index in [0.717, 1.165) is 30.5 Å². The second-order valence-corrected chi connectivity index (χ2v) is 6.32. The number of para-hydroxylation sites is 2. The minimum Gasteiger partial charge on any atom is -0.346 e. The van der Waals surface area contributed by atoms with Gasteiger partial charge < -0.3 is 9.88 Å². The van der Waals surface area contributed by atoms with E-state index in [4.69, 9.17) is 11.6 Å². The summed E-state index contributed by atoms with van der Waals surface area (Å²) < 4.78 is 2.01. The summed E-state index contributed by atoms with van der Waals surface area (Å²) in [6.45, 7) is 0.806. The summed E-state index contributed by atoms with van der Waals surface area (Å²) in [7, 11) is 0. The van der Waals surface area contributed by atoms with Gasteiger partial charge in [-0.1, -0.05) is 35.9 Å². The van der Waals surface area contributed by atoms with Crippen LogP contribution in [0.5, 0.6) is 0 Å². The number of nitrogens with one attached hydrogen (secondary N) is 1. The van der Waals surface area contributed by atoms with E-state index in [1.807, 2.05) is 16.7 Å². The molecule has 2 heterocycles. The second kappa shape index (κ2) is 5.80. The number of hydrogen-bond donors (Lipinski definition) is 1. The SMILES string of the molecule is O=C(Nc1ccccc1Cl)c1cn2c3c(cccc3c1=O)CCC2. The molecule has 1 aromatic heterocycles. The van der Waals surface area contributed by atoms with Crippen molar-refractivity contribution in [1.29, 1.82) is 0 Å². The summed E-state index contributed by atoms with van der Waals surface area (Å²) >= 11 is 6.08. The van der Waals surface area contributed by atoms with Gasteiger partial charge in [-0.2, -0.15) is 0 Å². The first kappa shape index (κ1) is 15.0. The van der Waals surface area contributed by atoms with E-state index < -0.39 is 5.91 Å². The third kappa shape index (κ3) is 2.39. The second-order valence-electron chi connectivity index (χ2n) is 5.92. The number of anilines is 1. The maximum atomic E-state index is 12.8. The van der Waals surface area contributed by atoms with Crippen LogP contribution in [0.25, 0.3) is 10.9 Å². The van der Waals surface area contributed by atoms with Gasteiger partial charge in [0.05, 0.1) is 16.2 Å². The van der Waals surface area contributed by atoms with Gasteiger partial charge in [0.2, 0.25) is 5.43 Å². The number of halogens is 1. The monoisotopic (exact) mass is 338 g/mol. The molecule has 0 aliphatic carbocycles. The van der Waals surface area contributed by atoms with Gasteiger partial charge in [0.25, 0.3) is 5.91 Å². The van der Waals surface area contributed by atoms with Gasteiger partial charge in [0, 0.05) is 18.1 Å². The van der Waals surface area contributed by atoms with Crippen LogP contribution in [-0.2, 0) is 13.0 Å². The molecule has 1 N–H and O–H groups in total. The molecule has 1 amide bonds. The number of pyridine rings is 1. The molecule has 0 spiro atoms. The molecule has 0 bridgehead atoms. The fourth-order valence-electron chi connectivity index (χ4n) is 3.27. The minimum absolute atomic E-state index is 0.140. The maximum Gasteiger partial charge on any atom is 0.261 e. The van der Waals surface area contributed by atoms with Crippen LogP contribution in [0.4, 0.5) is 5.69 Å². The first-order chi connectivity index (χ1) is 11.6. The molecule has 4 nitrogen and oxygen atoms in total. The van der Waals surface area contributed by atoms with Gasteiger partial charge in [-0.05, 0) is 36.6 Å². The van der Waals surface area contributed by atoms with Gasteiger partial charge in [-0.15, -0.1) is 0 Å². The first-order valence-corrected chi connectivity index (χ1v) is 8.24. The lowest BCUT2D eigenvalue weighted by atomic mass is 10.00. The topological polar surface area (TPSA) is 51.1 Å². The highest BCUT2D eigenvalue weighted by molar-refractivity contribution is 6.33. The van der Waals surface area contributed by atoms with Crippen LogP contribution < -0.4 is 10.7 Å². The van der Waals surface area contributed by atoms with Crippen LogP contribution in [0.1, 0.15) is 22.3 Å². The van der Waals surface area contributed by atoms with Gasteiger partial charge in [0.15, 0.2) is 0 Å². The molecule has 0 atom stereocenters. The van der Waals surface area contributed by atoms with Crippen molar-refractivity contribution in [3.63, 3.8) is 0 Å². The van der Waals surface area contributed by atoms with Crippen molar-refractivity contribution in [1.82, 2.24) is 4.57 Å². The molecule has 1 aliphatic heterocycles. The number of nitrogens with zero attached hydrogens (tertiary/aromatic N) is 1. The molecule has 2 aromatic carbocycles. The average molecular weight is 339 g/mol. The standard InChI is InChI=1S/C19H15ClN2O2/c20-15-8-1-2-9-16(15)21-19(24)14-11-22-10-4-6-12-5-3-7-13(17(12)22)18(14)23/h1-3,5,7-9,11H,4,6,10H2,(H,21,24). The predicted octanol–water partition coefficient (Wildman–Crippen LogP) is 3.85. The molecule has 1 aliphatic rings. The number of hydrogen-bond acceptors (Lipinski definition) is 2. The van der Waals surface area contributed by atoms with Crippen molar-refractivity contribution in [2.45, 2.75) is 19.4 Å². The number of amides is 1. The quantitative estimate of drug-likeness (QED) is 0.771. The predicted molar refractivity (Wildman–Crippen MR) is 95.9 cm³/mol. The van der Waals surface area contributed by atoms with Crippen molar-refractivity contribution in [3.05, 3.63) is 75.0 Å². The van der Waals surface area contributed by atoms with Crippen LogP contribution >= 0.6 is 11.6 Å². The molecule has 4 rings (SSSR count). The molecule has 0 fully saturated rings. The third-order valence-corrected chi connectivity index (χ3v) is 4.72. The smallest absolute Gasteiger partial charge is 0.261 e. The summed E-state index contributed by atoms with van der Waals surface area (Å²) in [5.74, 6) is -0.435. The molecular weight excluding hydrogens is 324 g/mol. The van der Waals surface area contributed by atoms with E-state index in [9.17, 15) is 9.59 Å². The third-order valence-electron chi connectivity index (χ3n) is 4.39. The summed E-state index contributed by atoms with van der Waals surface area (Å²) in [4.78, 5) is 25.4. The fraction of sp³-hybridized carbons (Fsp3) is 0.158. The van der Waals surface area contributed by atoms with E-state index in [0.29, 0.717) is 16.1 Å². The lowest BCUT2D eigenvalue weighted by molar-refractivity contribution is 0.102. The molecule has 120 valence electrons. The Morgan fingerprint density at radius 3 is 2.79 bits per heavy atom. The number of aromatic nitrogens is 1. The highest BCUT2D eigenvalue weighted by Gasteiger charge is 2.19. The Morgan fingerprint density at radius 1 is 1.12 bits per heavy atom. The van der Waals surface area contributed by atoms with Crippen LogP contribution in [0.15, 0.2) is 53.5 Å². The van der Waals surface area contributed by atoms with E-state index in [1.54, 1.807) is 36.5 Å². The molecular formula is C19H15ClN2O2. The van der Waals surface area contributed by atoms with Gasteiger partial charge >= 0.3 is 0 Å². The highest BCUT2D eigenvalue weighted by Crippen LogP contribution is 2.24. The normalized spacial score (nSPS) is 13.0. The van der Waals surface area contributed by atoms with Gasteiger partial charge in [-0.25, -0.2) is 0 Å². The van der Waals surface area contributed by atoms with E-state index >= 15 is 0 Å². The van der Waals surface area contributed by atoms with Crippen molar-refractivity contribution in [2.75, 3.05) is 5.32 Å². The number of benzene rings is 2. The Balaban J connectivity index is 1.83. The van der Waals surface area contributed by atoms with E-state index in [2.05, 4.69) is 5.32 Å². The van der Waals surface area contributed by atoms with Crippen molar-refractivity contribution >= 4 is 34.1 Å². The first-order valence-electron chi connectivity index (χ1n) is 7.86. The lowest BCUT2D eigenvalue weighted by Gasteiger charge is -2.20. The van der Waals surface area contributed by atoms with Crippen molar-refractivity contribution in [2.24, 2.45) is 0 Å². The Hall–Kier alpha value is -2.59. The molecule has 0 radical (unpaired) electrons. The molecule has 3 aromatic rings. The molecule has 0 unspecified atom stereocenters. The number of aryl methyl sites for hydroxylation is 2. The number of carbonyl (C=O) groups is 1. The maximum absolute atomic E-state index is 12.8.